The van der Waals surface area contributed by atoms with E-state index in [4.69, 9.17) is 33.2 Å². The molecule has 0 amide bonds. The van der Waals surface area contributed by atoms with Crippen LogP contribution in [0.3, 0.4) is 0 Å². The number of benzene rings is 4. The lowest BCUT2D eigenvalue weighted by Crippen LogP contribution is -2.17. The molecule has 4 aromatic rings. The summed E-state index contributed by atoms with van der Waals surface area (Å²) in [6.07, 6.45) is 0. The van der Waals surface area contributed by atoms with E-state index in [1.165, 1.54) is 0 Å². The van der Waals surface area contributed by atoms with E-state index >= 15 is 0 Å². The van der Waals surface area contributed by atoms with Crippen molar-refractivity contribution in [2.24, 2.45) is 9.98 Å². The van der Waals surface area contributed by atoms with E-state index in [1.807, 2.05) is 48.5 Å². The van der Waals surface area contributed by atoms with E-state index in [0.29, 0.717) is 10.0 Å². The lowest BCUT2D eigenvalue weighted by molar-refractivity contribution is 1.32. The number of rotatable bonds is 5. The molecule has 0 aliphatic rings. The van der Waals surface area contributed by atoms with E-state index in [0.717, 1.165) is 56.2 Å². The van der Waals surface area contributed by atoms with E-state index in [1.54, 1.807) is 0 Å². The molecule has 0 saturated carbocycles. The molecule has 0 unspecified atom stereocenters. The van der Waals surface area contributed by atoms with Gasteiger partial charge in [-0.05, 0) is 74.2 Å². The van der Waals surface area contributed by atoms with Gasteiger partial charge in [0.05, 0.1) is 22.8 Å². The Labute approximate surface area is 211 Å². The fourth-order valence-electron chi connectivity index (χ4n) is 3.91. The molecule has 34 heavy (non-hydrogen) atoms. The second kappa shape index (κ2) is 10.4. The second-order valence-electron chi connectivity index (χ2n) is 8.42. The monoisotopic (exact) mass is 484 g/mol. The Bertz CT molecular complexity index is 1230. The third kappa shape index (κ3) is 5.30. The summed E-state index contributed by atoms with van der Waals surface area (Å²) in [4.78, 5) is 10.4. The number of para-hydroxylation sites is 2. The Balaban J connectivity index is 2.06. The Kier molecular flexibility index (Phi) is 7.31. The molecular formula is C30H26Cl2N2. The van der Waals surface area contributed by atoms with Crippen LogP contribution in [0.15, 0.2) is 94.9 Å². The molecule has 4 rings (SSSR count). The number of nitrogens with zero attached hydrogens (tertiary/aromatic N) is 2. The largest absolute Gasteiger partial charge is 0.246 e. The van der Waals surface area contributed by atoms with Crippen molar-refractivity contribution in [3.63, 3.8) is 0 Å². The van der Waals surface area contributed by atoms with Gasteiger partial charge in [0.15, 0.2) is 0 Å². The minimum Gasteiger partial charge on any atom is -0.246 e. The normalized spacial score (nSPS) is 12.2. The maximum Gasteiger partial charge on any atom is 0.0972 e. The number of aliphatic imine (C=N–C) groups is 2. The highest BCUT2D eigenvalue weighted by Gasteiger charge is 2.18. The smallest absolute Gasteiger partial charge is 0.0972 e. The highest BCUT2D eigenvalue weighted by atomic mass is 35.5. The maximum atomic E-state index is 6.23. The molecule has 0 N–H and O–H groups in total. The summed E-state index contributed by atoms with van der Waals surface area (Å²) in [7, 11) is 0. The van der Waals surface area contributed by atoms with E-state index < -0.39 is 0 Å². The fraction of sp³-hybridized carbons (Fsp3) is 0.133. The predicted octanol–water partition coefficient (Wildman–Crippen LogP) is 9.17. The van der Waals surface area contributed by atoms with Gasteiger partial charge in [0, 0.05) is 21.2 Å². The highest BCUT2D eigenvalue weighted by molar-refractivity contribution is 6.54. The fourth-order valence-corrected chi connectivity index (χ4v) is 4.16. The zero-order valence-electron chi connectivity index (χ0n) is 19.7. The van der Waals surface area contributed by atoms with Crippen LogP contribution in [-0.4, -0.2) is 11.4 Å². The standard InChI is InChI=1S/C30H26Cl2N2/c1-19-7-5-8-20(2)27(19)33-29(23-11-15-25(31)16-12-23)30(24-13-17-26(32)18-14-24)34-28-21(3)9-6-10-22(28)4/h5-18H,1-4H3. The quantitative estimate of drug-likeness (QED) is 0.252. The molecule has 170 valence electrons. The molecule has 0 aliphatic heterocycles. The molecule has 0 aromatic heterocycles. The third-order valence-corrected chi connectivity index (χ3v) is 6.29. The molecule has 0 radical (unpaired) electrons. The van der Waals surface area contributed by atoms with Gasteiger partial charge in [-0.1, -0.05) is 83.9 Å². The zero-order valence-corrected chi connectivity index (χ0v) is 21.2. The van der Waals surface area contributed by atoms with Crippen LogP contribution in [0, 0.1) is 27.7 Å². The maximum absolute atomic E-state index is 6.23. The van der Waals surface area contributed by atoms with Gasteiger partial charge in [0.25, 0.3) is 0 Å². The molecule has 2 nitrogen and oxygen atoms in total. The van der Waals surface area contributed by atoms with Crippen molar-refractivity contribution in [3.05, 3.63) is 128 Å². The molecule has 0 heterocycles. The van der Waals surface area contributed by atoms with Crippen molar-refractivity contribution in [2.75, 3.05) is 0 Å². The second-order valence-corrected chi connectivity index (χ2v) is 9.29. The Hall–Kier alpha value is -3.20. The SMILES string of the molecule is Cc1cccc(C)c1N=C(C(=Nc1c(C)cccc1C)c1ccc(Cl)cc1)c1ccc(Cl)cc1. The molecule has 0 spiro atoms. The van der Waals surface area contributed by atoms with Gasteiger partial charge in [0.1, 0.15) is 0 Å². The van der Waals surface area contributed by atoms with Crippen LogP contribution in [0.4, 0.5) is 11.4 Å². The first-order valence-corrected chi connectivity index (χ1v) is 11.9. The topological polar surface area (TPSA) is 24.7 Å². The van der Waals surface area contributed by atoms with Crippen molar-refractivity contribution in [3.8, 4) is 0 Å². The summed E-state index contributed by atoms with van der Waals surface area (Å²) in [5, 5.41) is 1.35. The third-order valence-electron chi connectivity index (χ3n) is 5.79. The van der Waals surface area contributed by atoms with Gasteiger partial charge in [-0.15, -0.1) is 0 Å². The van der Waals surface area contributed by atoms with Gasteiger partial charge >= 0.3 is 0 Å². The Morgan fingerprint density at radius 2 is 0.765 bits per heavy atom. The van der Waals surface area contributed by atoms with Crippen LogP contribution < -0.4 is 0 Å². The summed E-state index contributed by atoms with van der Waals surface area (Å²) < 4.78 is 0. The summed E-state index contributed by atoms with van der Waals surface area (Å²) >= 11 is 12.5. The first-order valence-electron chi connectivity index (χ1n) is 11.2. The minimum absolute atomic E-state index is 0.676. The lowest BCUT2D eigenvalue weighted by Gasteiger charge is -2.15. The molecule has 4 aromatic carbocycles. The molecule has 0 atom stereocenters. The summed E-state index contributed by atoms with van der Waals surface area (Å²) in [5.41, 5.74) is 9.73. The van der Waals surface area contributed by atoms with E-state index in [9.17, 15) is 0 Å². The minimum atomic E-state index is 0.676. The van der Waals surface area contributed by atoms with Crippen LogP contribution in [0.25, 0.3) is 0 Å². The van der Waals surface area contributed by atoms with Crippen LogP contribution >= 0.6 is 23.2 Å². The number of halogens is 2. The predicted molar refractivity (Wildman–Crippen MR) is 147 cm³/mol. The average Bonchev–Trinajstić information content (AvgIpc) is 2.81. The van der Waals surface area contributed by atoms with Crippen molar-refractivity contribution in [1.29, 1.82) is 0 Å². The van der Waals surface area contributed by atoms with E-state index in [2.05, 4.69) is 64.1 Å². The van der Waals surface area contributed by atoms with Gasteiger partial charge in [-0.25, -0.2) is 9.98 Å². The zero-order chi connectivity index (χ0) is 24.2. The van der Waals surface area contributed by atoms with Gasteiger partial charge < -0.3 is 0 Å². The van der Waals surface area contributed by atoms with Crippen LogP contribution in [0.1, 0.15) is 33.4 Å². The molecular weight excluding hydrogens is 459 g/mol. The van der Waals surface area contributed by atoms with Gasteiger partial charge in [-0.3, -0.25) is 0 Å². The molecule has 0 bridgehead atoms. The van der Waals surface area contributed by atoms with Gasteiger partial charge in [0.2, 0.25) is 0 Å². The van der Waals surface area contributed by atoms with Crippen LogP contribution in [0.5, 0.6) is 0 Å². The van der Waals surface area contributed by atoms with Crippen molar-refractivity contribution in [2.45, 2.75) is 27.7 Å². The van der Waals surface area contributed by atoms with Crippen molar-refractivity contribution < 1.29 is 0 Å². The summed E-state index contributed by atoms with van der Waals surface area (Å²) in [5.74, 6) is 0. The van der Waals surface area contributed by atoms with E-state index in [-0.39, 0.29) is 0 Å². The molecule has 4 heteroatoms. The first kappa shape index (κ1) is 23.9. The molecule has 0 fully saturated rings. The number of hydrogen-bond donors (Lipinski definition) is 0. The first-order chi connectivity index (χ1) is 16.3. The van der Waals surface area contributed by atoms with Crippen molar-refractivity contribution in [1.82, 2.24) is 0 Å². The summed E-state index contributed by atoms with van der Waals surface area (Å²) in [6.45, 7) is 8.32. The summed E-state index contributed by atoms with van der Waals surface area (Å²) in [6, 6.07) is 27.9. The average molecular weight is 485 g/mol. The molecule has 0 aliphatic carbocycles. The lowest BCUT2D eigenvalue weighted by atomic mass is 9.98. The van der Waals surface area contributed by atoms with Gasteiger partial charge in [-0.2, -0.15) is 0 Å². The van der Waals surface area contributed by atoms with Crippen LogP contribution in [0.2, 0.25) is 10.0 Å². The Morgan fingerprint density at radius 1 is 0.471 bits per heavy atom. The molecule has 0 saturated heterocycles. The number of aryl methyl sites for hydroxylation is 4. The number of hydrogen-bond acceptors (Lipinski definition) is 2. The highest BCUT2D eigenvalue weighted by Crippen LogP contribution is 2.29. The van der Waals surface area contributed by atoms with Crippen LogP contribution in [-0.2, 0) is 0 Å². The van der Waals surface area contributed by atoms with Crippen molar-refractivity contribution >= 4 is 46.0 Å². The Morgan fingerprint density at radius 3 is 1.06 bits per heavy atom.